The average Bonchev–Trinajstić information content (AvgIpc) is 4.00. The van der Waals surface area contributed by atoms with Crippen LogP contribution >= 0.6 is 0 Å². The molecule has 0 saturated heterocycles. The molecule has 0 amide bonds. The fourth-order valence-corrected chi connectivity index (χ4v) is 10.6. The Balaban J connectivity index is 0.00000144. The van der Waals surface area contributed by atoms with E-state index in [0.717, 1.165) is 12.8 Å². The molecule has 8 atom stereocenters. The van der Waals surface area contributed by atoms with Crippen LogP contribution in [0, 0.1) is 29.7 Å². The Morgan fingerprint density at radius 1 is 0.526 bits per heavy atom. The Kier molecular flexibility index (Phi) is 20.0. The van der Waals surface area contributed by atoms with Crippen molar-refractivity contribution in [3.05, 3.63) is 201 Å². The van der Waals surface area contributed by atoms with Gasteiger partial charge in [0, 0.05) is 23.7 Å². The van der Waals surface area contributed by atoms with Crippen molar-refractivity contribution < 1.29 is 0 Å². The van der Waals surface area contributed by atoms with Crippen molar-refractivity contribution in [2.75, 3.05) is 0 Å². The maximum atomic E-state index is 3.40. The molecule has 8 unspecified atom stereocenters. The molecular formula is C52H54Na5. The minimum absolute atomic E-state index is 0. The van der Waals surface area contributed by atoms with Crippen LogP contribution in [0.2, 0.25) is 0 Å². The van der Waals surface area contributed by atoms with Gasteiger partial charge in [-0.2, -0.15) is 0 Å². The summed E-state index contributed by atoms with van der Waals surface area (Å²) in [6, 6.07) is 48.8. The molecule has 0 spiro atoms. The summed E-state index contributed by atoms with van der Waals surface area (Å²) in [6.45, 7) is 4.96. The van der Waals surface area contributed by atoms with Gasteiger partial charge in [0.2, 0.25) is 0 Å². The van der Waals surface area contributed by atoms with Crippen molar-refractivity contribution in [3.63, 3.8) is 0 Å². The molecule has 9 rings (SSSR count). The van der Waals surface area contributed by atoms with E-state index in [1.807, 2.05) is 6.07 Å². The summed E-state index contributed by atoms with van der Waals surface area (Å²) in [6.07, 6.45) is 21.8. The van der Waals surface area contributed by atoms with Crippen LogP contribution in [0.25, 0.3) is 24.3 Å². The van der Waals surface area contributed by atoms with Crippen LogP contribution in [-0.4, -0.2) is 148 Å². The SMILES string of the molecule is CCC1=Cc2ccccc2C1C(CC(CC(Cc1c[c]ccc1)C1C=Cc2ccccc21)C1C=Cc2ccccc21)C(C)C1C=Cc2ccccc21.[NaH].[NaH].[NaH].[NaH].[NaH]. The second kappa shape index (κ2) is 22.9. The summed E-state index contributed by atoms with van der Waals surface area (Å²) in [4.78, 5) is 0. The Morgan fingerprint density at radius 2 is 1.02 bits per heavy atom. The maximum absolute atomic E-state index is 3.40. The van der Waals surface area contributed by atoms with Gasteiger partial charge in [-0.05, 0) is 105 Å². The fourth-order valence-electron chi connectivity index (χ4n) is 10.6. The number of allylic oxidation sites excluding steroid dienone is 4. The van der Waals surface area contributed by atoms with E-state index in [0.29, 0.717) is 47.3 Å². The van der Waals surface area contributed by atoms with Gasteiger partial charge < -0.3 is 0 Å². The van der Waals surface area contributed by atoms with E-state index in [1.165, 1.54) is 62.9 Å². The first-order chi connectivity index (χ1) is 25.7. The van der Waals surface area contributed by atoms with E-state index in [9.17, 15) is 0 Å². The zero-order valence-electron chi connectivity index (χ0n) is 30.5. The standard InChI is InChI=1S/C52H49.5Na.5H/c1-3-37-32-41-20-10-14-24-50(41)52(37)51(35(2)44-28-25-38-17-7-11-21-45(38)44)34-43(49-30-27-40-19-9-13-23-47(40)49)33-42(31-36-15-5-4-6-16-36)48-29-26-39-18-8-12-22-46(39)48;;;;;;;;;;/h4-5,7-30,32,35,42-44,48-49,51-52H,3,31,33-34H2,1-2H3;;;;;;;;;;. The van der Waals surface area contributed by atoms with Crippen LogP contribution in [0.3, 0.4) is 0 Å². The molecule has 0 bridgehead atoms. The summed E-state index contributed by atoms with van der Waals surface area (Å²) >= 11 is 0. The van der Waals surface area contributed by atoms with Gasteiger partial charge in [0.05, 0.1) is 0 Å². The van der Waals surface area contributed by atoms with Gasteiger partial charge in [0.25, 0.3) is 0 Å². The predicted octanol–water partition coefficient (Wildman–Crippen LogP) is 10.1. The van der Waals surface area contributed by atoms with Crippen LogP contribution in [0.15, 0.2) is 145 Å². The summed E-state index contributed by atoms with van der Waals surface area (Å²) in [5.41, 5.74) is 14.7. The van der Waals surface area contributed by atoms with E-state index >= 15 is 0 Å². The van der Waals surface area contributed by atoms with Gasteiger partial charge in [0.1, 0.15) is 0 Å². The molecule has 0 N–H and O–H groups in total. The average molecular weight is 794 g/mol. The molecule has 0 aromatic heterocycles. The van der Waals surface area contributed by atoms with Crippen molar-refractivity contribution in [1.82, 2.24) is 0 Å². The quantitative estimate of drug-likeness (QED) is 0.110. The first-order valence-corrected chi connectivity index (χ1v) is 19.7. The van der Waals surface area contributed by atoms with Crippen molar-refractivity contribution >= 4 is 172 Å². The Labute approximate surface area is 453 Å². The van der Waals surface area contributed by atoms with Gasteiger partial charge in [-0.25, -0.2) is 0 Å². The minimum atomic E-state index is 0. The topological polar surface area (TPSA) is 0 Å². The van der Waals surface area contributed by atoms with Gasteiger partial charge in [-0.3, -0.25) is 0 Å². The van der Waals surface area contributed by atoms with Crippen molar-refractivity contribution in [2.24, 2.45) is 23.7 Å². The van der Waals surface area contributed by atoms with Gasteiger partial charge in [0.15, 0.2) is 0 Å². The second-order valence-corrected chi connectivity index (χ2v) is 15.9. The zero-order valence-corrected chi connectivity index (χ0v) is 30.5. The number of hydrogen-bond acceptors (Lipinski definition) is 0. The van der Waals surface area contributed by atoms with Crippen LogP contribution in [0.4, 0.5) is 0 Å². The van der Waals surface area contributed by atoms with Crippen molar-refractivity contribution in [2.45, 2.75) is 63.2 Å². The molecule has 5 heteroatoms. The van der Waals surface area contributed by atoms with Gasteiger partial charge >= 0.3 is 148 Å². The molecule has 0 nitrogen and oxygen atoms in total. The molecule has 5 aromatic rings. The number of hydrogen-bond donors (Lipinski definition) is 0. The van der Waals surface area contributed by atoms with E-state index in [-0.39, 0.29) is 148 Å². The van der Waals surface area contributed by atoms with E-state index in [2.05, 4.69) is 178 Å². The summed E-state index contributed by atoms with van der Waals surface area (Å²) in [7, 11) is 0. The molecule has 0 heterocycles. The van der Waals surface area contributed by atoms with Crippen molar-refractivity contribution in [1.29, 1.82) is 0 Å². The third-order valence-corrected chi connectivity index (χ3v) is 13.1. The molecule has 4 aliphatic rings. The second-order valence-electron chi connectivity index (χ2n) is 15.9. The molecule has 4 aliphatic carbocycles. The molecule has 1 radical (unpaired) electrons. The monoisotopic (exact) mass is 793 g/mol. The third kappa shape index (κ3) is 10.5. The summed E-state index contributed by atoms with van der Waals surface area (Å²) in [5, 5.41) is 0. The molecule has 0 saturated carbocycles. The zero-order chi connectivity index (χ0) is 35.0. The fraction of sp³-hybridized carbons (Fsp3) is 0.269. The van der Waals surface area contributed by atoms with E-state index < -0.39 is 0 Å². The third-order valence-electron chi connectivity index (χ3n) is 13.1. The Hall–Kier alpha value is 0.0600. The number of rotatable bonds is 12. The molecule has 0 aliphatic heterocycles. The number of benzene rings is 5. The molecular weight excluding hydrogens is 740 g/mol. The Morgan fingerprint density at radius 3 is 1.56 bits per heavy atom. The Bertz CT molecular complexity index is 2200. The van der Waals surface area contributed by atoms with E-state index in [4.69, 9.17) is 0 Å². The number of fused-ring (bicyclic) bond motifs is 4. The normalized spacial score (nSPS) is 20.7. The van der Waals surface area contributed by atoms with Crippen LogP contribution in [0.5, 0.6) is 0 Å². The van der Waals surface area contributed by atoms with Crippen LogP contribution in [0.1, 0.15) is 107 Å². The first kappa shape index (κ1) is 49.7. The summed E-state index contributed by atoms with van der Waals surface area (Å²) < 4.78 is 0. The predicted molar refractivity (Wildman–Crippen MR) is 256 cm³/mol. The van der Waals surface area contributed by atoms with Crippen molar-refractivity contribution in [3.8, 4) is 0 Å². The van der Waals surface area contributed by atoms with Gasteiger partial charge in [-0.1, -0.05) is 183 Å². The first-order valence-electron chi connectivity index (χ1n) is 19.7. The van der Waals surface area contributed by atoms with Crippen LogP contribution < -0.4 is 0 Å². The van der Waals surface area contributed by atoms with Gasteiger partial charge in [-0.15, -0.1) is 0 Å². The summed E-state index contributed by atoms with van der Waals surface area (Å²) in [5.74, 6) is 3.56. The molecule has 267 valence electrons. The van der Waals surface area contributed by atoms with Crippen LogP contribution in [-0.2, 0) is 6.42 Å². The molecule has 57 heavy (non-hydrogen) atoms. The molecule has 5 aromatic carbocycles. The molecule has 0 fully saturated rings. The van der Waals surface area contributed by atoms with E-state index in [1.54, 1.807) is 5.57 Å².